The maximum Gasteiger partial charge on any atom is 0.123 e. The first-order valence-electron chi connectivity index (χ1n) is 6.72. The molecule has 0 radical (unpaired) electrons. The molecule has 0 bridgehead atoms. The van der Waals surface area contributed by atoms with Gasteiger partial charge in [-0.25, -0.2) is 0 Å². The zero-order chi connectivity index (χ0) is 12.4. The Balaban J connectivity index is 2.17. The normalized spacial score (nSPS) is 20.2. The number of fused-ring (bicyclic) bond motifs is 2. The summed E-state index contributed by atoms with van der Waals surface area (Å²) in [4.78, 5) is 0. The smallest absolute Gasteiger partial charge is 0.123 e. The molecule has 1 aliphatic carbocycles. The number of rotatable bonds is 1. The molecule has 0 amide bonds. The number of hydrogen-bond acceptors (Lipinski definition) is 1. The molecule has 0 N–H and O–H groups in total. The molecule has 0 saturated heterocycles. The monoisotopic (exact) mass is 238 g/mol. The van der Waals surface area contributed by atoms with E-state index < -0.39 is 0 Å². The first kappa shape index (κ1) is 11.3. The van der Waals surface area contributed by atoms with Crippen molar-refractivity contribution in [2.75, 3.05) is 0 Å². The van der Waals surface area contributed by atoms with Crippen LogP contribution in [-0.4, -0.2) is 0 Å². The van der Waals surface area contributed by atoms with Crippen molar-refractivity contribution in [2.24, 2.45) is 0 Å². The third-order valence-electron chi connectivity index (χ3n) is 3.50. The Hall–Kier alpha value is -1.76. The summed E-state index contributed by atoms with van der Waals surface area (Å²) in [6, 6.07) is 8.57. The molecule has 0 spiro atoms. The number of hydrogen-bond donors (Lipinski definition) is 0. The van der Waals surface area contributed by atoms with Gasteiger partial charge in [-0.1, -0.05) is 43.3 Å². The van der Waals surface area contributed by atoms with Gasteiger partial charge in [0.1, 0.15) is 12.4 Å². The van der Waals surface area contributed by atoms with Crippen LogP contribution in [-0.2, 0) is 11.3 Å². The van der Waals surface area contributed by atoms with Crippen LogP contribution in [0.4, 0.5) is 0 Å². The summed E-state index contributed by atoms with van der Waals surface area (Å²) < 4.78 is 5.96. The van der Waals surface area contributed by atoms with E-state index in [9.17, 15) is 0 Å². The first-order chi connectivity index (χ1) is 8.90. The molecule has 0 aromatic heterocycles. The molecular formula is C17H18O. The molecule has 1 aliphatic heterocycles. The van der Waals surface area contributed by atoms with E-state index >= 15 is 0 Å². The summed E-state index contributed by atoms with van der Waals surface area (Å²) in [7, 11) is 0. The minimum Gasteiger partial charge on any atom is -0.489 e. The van der Waals surface area contributed by atoms with Gasteiger partial charge in [0.05, 0.1) is 0 Å². The molecule has 1 aromatic carbocycles. The van der Waals surface area contributed by atoms with Gasteiger partial charge in [-0.2, -0.15) is 0 Å². The van der Waals surface area contributed by atoms with Crippen molar-refractivity contribution in [3.05, 3.63) is 65.0 Å². The van der Waals surface area contributed by atoms with Gasteiger partial charge in [0.2, 0.25) is 0 Å². The van der Waals surface area contributed by atoms with Crippen LogP contribution in [0.1, 0.15) is 37.3 Å². The number of ether oxygens (including phenoxy) is 1. The quantitative estimate of drug-likeness (QED) is 0.694. The fraction of sp³-hybridized carbons (Fsp3) is 0.294. The lowest BCUT2D eigenvalue weighted by Gasteiger charge is -2.16. The van der Waals surface area contributed by atoms with E-state index in [0.29, 0.717) is 6.61 Å². The lowest BCUT2D eigenvalue weighted by atomic mass is 9.90. The molecule has 1 nitrogen and oxygen atoms in total. The summed E-state index contributed by atoms with van der Waals surface area (Å²) in [6.07, 6.45) is 10.1. The largest absolute Gasteiger partial charge is 0.489 e. The van der Waals surface area contributed by atoms with Crippen LogP contribution in [0, 0.1) is 0 Å². The SMILES string of the molecule is CC/C=C1\C2=CCCC=C2OCc2ccccc21. The van der Waals surface area contributed by atoms with Crippen molar-refractivity contribution >= 4 is 5.57 Å². The van der Waals surface area contributed by atoms with Crippen molar-refractivity contribution < 1.29 is 4.74 Å². The van der Waals surface area contributed by atoms with E-state index in [0.717, 1.165) is 25.0 Å². The Bertz CT molecular complexity index is 546. The van der Waals surface area contributed by atoms with Crippen molar-refractivity contribution in [3.63, 3.8) is 0 Å². The van der Waals surface area contributed by atoms with Crippen molar-refractivity contribution in [2.45, 2.75) is 32.8 Å². The Kier molecular flexibility index (Phi) is 3.06. The third-order valence-corrected chi connectivity index (χ3v) is 3.50. The van der Waals surface area contributed by atoms with Crippen LogP contribution < -0.4 is 0 Å². The third kappa shape index (κ3) is 1.90. The molecule has 0 saturated carbocycles. The summed E-state index contributed by atoms with van der Waals surface area (Å²) in [5.74, 6) is 1.07. The maximum atomic E-state index is 5.96. The summed E-state index contributed by atoms with van der Waals surface area (Å²) in [5.41, 5.74) is 5.24. The zero-order valence-electron chi connectivity index (χ0n) is 10.8. The van der Waals surface area contributed by atoms with Crippen LogP contribution in [0.15, 0.2) is 53.8 Å². The van der Waals surface area contributed by atoms with E-state index in [2.05, 4.69) is 49.4 Å². The molecule has 0 unspecified atom stereocenters. The molecule has 1 heterocycles. The molecule has 92 valence electrons. The Labute approximate surface area is 108 Å². The molecular weight excluding hydrogens is 220 g/mol. The Morgan fingerprint density at radius 3 is 2.89 bits per heavy atom. The van der Waals surface area contributed by atoms with Gasteiger partial charge in [0, 0.05) is 5.57 Å². The molecule has 0 fully saturated rings. The number of allylic oxidation sites excluding steroid dienone is 4. The minimum atomic E-state index is 0.681. The molecule has 0 atom stereocenters. The van der Waals surface area contributed by atoms with Gasteiger partial charge in [-0.15, -0.1) is 0 Å². The van der Waals surface area contributed by atoms with Crippen LogP contribution in [0.25, 0.3) is 5.57 Å². The molecule has 1 heteroatoms. The summed E-state index contributed by atoms with van der Waals surface area (Å²) in [6.45, 7) is 2.87. The topological polar surface area (TPSA) is 9.23 Å². The van der Waals surface area contributed by atoms with Gasteiger partial charge < -0.3 is 4.74 Å². The first-order valence-corrected chi connectivity index (χ1v) is 6.72. The van der Waals surface area contributed by atoms with E-state index in [-0.39, 0.29) is 0 Å². The fourth-order valence-corrected chi connectivity index (χ4v) is 2.67. The zero-order valence-corrected chi connectivity index (χ0v) is 10.8. The van der Waals surface area contributed by atoms with E-state index in [1.165, 1.54) is 22.3 Å². The van der Waals surface area contributed by atoms with Crippen molar-refractivity contribution in [3.8, 4) is 0 Å². The summed E-state index contributed by atoms with van der Waals surface area (Å²) in [5, 5.41) is 0. The van der Waals surface area contributed by atoms with Gasteiger partial charge in [-0.3, -0.25) is 0 Å². The predicted molar refractivity (Wildman–Crippen MR) is 74.9 cm³/mol. The highest BCUT2D eigenvalue weighted by Gasteiger charge is 2.21. The molecule has 18 heavy (non-hydrogen) atoms. The van der Waals surface area contributed by atoms with E-state index in [4.69, 9.17) is 4.74 Å². The van der Waals surface area contributed by atoms with Crippen LogP contribution in [0.3, 0.4) is 0 Å². The second kappa shape index (κ2) is 4.85. The second-order valence-corrected chi connectivity index (χ2v) is 4.74. The van der Waals surface area contributed by atoms with Crippen molar-refractivity contribution in [1.82, 2.24) is 0 Å². The Morgan fingerprint density at radius 2 is 2.00 bits per heavy atom. The van der Waals surface area contributed by atoms with E-state index in [1.807, 2.05) is 0 Å². The molecule has 1 aromatic rings. The van der Waals surface area contributed by atoms with Crippen LogP contribution >= 0.6 is 0 Å². The van der Waals surface area contributed by atoms with Gasteiger partial charge in [-0.05, 0) is 42.0 Å². The average molecular weight is 238 g/mol. The van der Waals surface area contributed by atoms with Gasteiger partial charge in [0.25, 0.3) is 0 Å². The highest BCUT2D eigenvalue weighted by atomic mass is 16.5. The van der Waals surface area contributed by atoms with Crippen LogP contribution in [0.5, 0.6) is 0 Å². The number of benzene rings is 1. The standard InChI is InChI=1S/C17H18O/c1-2-7-15-14-9-4-3-8-13(14)12-18-17-11-6-5-10-16(15)17/h3-4,7-11H,2,5-6,12H2,1H3/b15-7-. The minimum absolute atomic E-state index is 0.681. The van der Waals surface area contributed by atoms with Crippen LogP contribution in [0.2, 0.25) is 0 Å². The van der Waals surface area contributed by atoms with Gasteiger partial charge >= 0.3 is 0 Å². The second-order valence-electron chi connectivity index (χ2n) is 4.74. The summed E-state index contributed by atoms with van der Waals surface area (Å²) >= 11 is 0. The predicted octanol–water partition coefficient (Wildman–Crippen LogP) is 4.61. The Morgan fingerprint density at radius 1 is 1.17 bits per heavy atom. The molecule has 2 aliphatic rings. The highest BCUT2D eigenvalue weighted by Crippen LogP contribution is 2.38. The fourth-order valence-electron chi connectivity index (χ4n) is 2.67. The van der Waals surface area contributed by atoms with E-state index in [1.54, 1.807) is 0 Å². The molecule has 3 rings (SSSR count). The lowest BCUT2D eigenvalue weighted by Crippen LogP contribution is -1.98. The maximum absolute atomic E-state index is 5.96. The lowest BCUT2D eigenvalue weighted by molar-refractivity contribution is 0.208. The van der Waals surface area contributed by atoms with Crippen molar-refractivity contribution in [1.29, 1.82) is 0 Å². The highest BCUT2D eigenvalue weighted by molar-refractivity contribution is 5.85. The average Bonchev–Trinajstić information content (AvgIpc) is 2.58. The van der Waals surface area contributed by atoms with Gasteiger partial charge in [0.15, 0.2) is 0 Å².